The molecule has 5 nitrogen and oxygen atoms in total. The Morgan fingerprint density at radius 3 is 2.71 bits per heavy atom. The first-order chi connectivity index (χ1) is 8.02. The maximum atomic E-state index is 9.66. The smallest absolute Gasteiger partial charge is 0.200 e. The molecule has 1 atom stereocenters. The molecule has 0 spiro atoms. The van der Waals surface area contributed by atoms with Gasteiger partial charge in [-0.3, -0.25) is 0 Å². The molecule has 1 aliphatic heterocycles. The second kappa shape index (κ2) is 4.43. The predicted octanol–water partition coefficient (Wildman–Crippen LogP) is 1.07. The predicted molar refractivity (Wildman–Crippen MR) is 62.1 cm³/mol. The van der Waals surface area contributed by atoms with Gasteiger partial charge < -0.3 is 25.4 Å². The largest absolute Gasteiger partial charge is 0.504 e. The summed E-state index contributed by atoms with van der Waals surface area (Å²) in [4.78, 5) is 0. The Morgan fingerprint density at radius 1 is 1.29 bits per heavy atom. The van der Waals surface area contributed by atoms with Crippen LogP contribution in [0.3, 0.4) is 0 Å². The summed E-state index contributed by atoms with van der Waals surface area (Å²) in [7, 11) is 0. The van der Waals surface area contributed by atoms with Crippen LogP contribution in [0.4, 0.5) is 0 Å². The molecule has 0 aliphatic carbocycles. The molecule has 1 fully saturated rings. The lowest BCUT2D eigenvalue weighted by Gasteiger charge is -2.24. The number of aromatic hydroxyl groups is 3. The maximum absolute atomic E-state index is 9.66. The van der Waals surface area contributed by atoms with E-state index in [1.54, 1.807) is 6.07 Å². The average molecular weight is 239 g/mol. The molecular weight excluding hydrogens is 222 g/mol. The third-order valence-corrected chi connectivity index (χ3v) is 3.14. The summed E-state index contributed by atoms with van der Waals surface area (Å²) in [5.41, 5.74) is 0.452. The number of ether oxygens (including phenoxy) is 1. The van der Waals surface area contributed by atoms with Gasteiger partial charge in [-0.05, 0) is 19.4 Å². The molecule has 94 valence electrons. The maximum Gasteiger partial charge on any atom is 0.200 e. The summed E-state index contributed by atoms with van der Waals surface area (Å²) in [5.74, 6) is -1.07. The Morgan fingerprint density at radius 2 is 2.06 bits per heavy atom. The van der Waals surface area contributed by atoms with Crippen molar-refractivity contribution in [3.05, 3.63) is 17.7 Å². The summed E-state index contributed by atoms with van der Waals surface area (Å²) < 4.78 is 5.31. The van der Waals surface area contributed by atoms with Crippen molar-refractivity contribution in [3.63, 3.8) is 0 Å². The van der Waals surface area contributed by atoms with Crippen molar-refractivity contribution in [2.75, 3.05) is 13.2 Å². The molecule has 1 aliphatic rings. The average Bonchev–Trinajstić information content (AvgIpc) is 2.73. The van der Waals surface area contributed by atoms with Gasteiger partial charge in [-0.2, -0.15) is 0 Å². The van der Waals surface area contributed by atoms with Gasteiger partial charge in [-0.15, -0.1) is 0 Å². The van der Waals surface area contributed by atoms with E-state index < -0.39 is 5.75 Å². The van der Waals surface area contributed by atoms with Crippen molar-refractivity contribution in [2.24, 2.45) is 0 Å². The molecule has 0 radical (unpaired) electrons. The van der Waals surface area contributed by atoms with Crippen LogP contribution in [0.5, 0.6) is 17.2 Å². The van der Waals surface area contributed by atoms with E-state index in [4.69, 9.17) is 4.74 Å². The summed E-state index contributed by atoms with van der Waals surface area (Å²) in [5, 5.41) is 31.5. The van der Waals surface area contributed by atoms with Crippen LogP contribution in [-0.4, -0.2) is 34.1 Å². The van der Waals surface area contributed by atoms with Gasteiger partial charge in [0.1, 0.15) is 0 Å². The first-order valence-electron chi connectivity index (χ1n) is 5.57. The van der Waals surface area contributed by atoms with Crippen LogP contribution < -0.4 is 5.32 Å². The minimum Gasteiger partial charge on any atom is -0.504 e. The molecule has 0 amide bonds. The molecule has 17 heavy (non-hydrogen) atoms. The van der Waals surface area contributed by atoms with E-state index in [9.17, 15) is 15.3 Å². The molecule has 2 rings (SSSR count). The highest BCUT2D eigenvalue weighted by molar-refractivity contribution is 5.53. The molecular formula is C12H17NO4. The monoisotopic (exact) mass is 239 g/mol. The lowest BCUT2D eigenvalue weighted by molar-refractivity contribution is 0.171. The first kappa shape index (κ1) is 12.0. The Balaban J connectivity index is 2.06. The van der Waals surface area contributed by atoms with Crippen LogP contribution in [0.1, 0.15) is 18.9 Å². The Hall–Kier alpha value is -1.46. The van der Waals surface area contributed by atoms with Crippen molar-refractivity contribution in [1.29, 1.82) is 0 Å². The summed E-state index contributed by atoms with van der Waals surface area (Å²) in [6.07, 6.45) is 0.915. The zero-order valence-corrected chi connectivity index (χ0v) is 9.73. The van der Waals surface area contributed by atoms with Crippen molar-refractivity contribution in [3.8, 4) is 17.2 Å². The van der Waals surface area contributed by atoms with Crippen LogP contribution >= 0.6 is 0 Å². The lowest BCUT2D eigenvalue weighted by Crippen LogP contribution is -2.42. The standard InChI is InChI=1S/C12H17NO4/c1-12(4-5-17-7-12)13-6-8-2-3-9(14)11(16)10(8)15/h2-3,13-16H,4-7H2,1H3. The zero-order chi connectivity index (χ0) is 12.5. The summed E-state index contributed by atoms with van der Waals surface area (Å²) in [6.45, 7) is 3.84. The Labute approximate surface area is 99.7 Å². The van der Waals surface area contributed by atoms with E-state index >= 15 is 0 Å². The second-order valence-electron chi connectivity index (χ2n) is 4.66. The quantitative estimate of drug-likeness (QED) is 0.593. The minimum atomic E-state index is -0.475. The number of benzene rings is 1. The highest BCUT2D eigenvalue weighted by Crippen LogP contribution is 2.37. The van der Waals surface area contributed by atoms with Crippen LogP contribution in [0, 0.1) is 0 Å². The fourth-order valence-corrected chi connectivity index (χ4v) is 1.87. The number of hydrogen-bond acceptors (Lipinski definition) is 5. The Bertz CT molecular complexity index is 413. The first-order valence-corrected chi connectivity index (χ1v) is 5.57. The molecule has 0 bridgehead atoms. The zero-order valence-electron chi connectivity index (χ0n) is 9.73. The van der Waals surface area contributed by atoms with Gasteiger partial charge >= 0.3 is 0 Å². The fourth-order valence-electron chi connectivity index (χ4n) is 1.87. The van der Waals surface area contributed by atoms with Crippen molar-refractivity contribution in [2.45, 2.75) is 25.4 Å². The van der Waals surface area contributed by atoms with Gasteiger partial charge in [0.2, 0.25) is 5.75 Å². The lowest BCUT2D eigenvalue weighted by atomic mass is 10.0. The summed E-state index contributed by atoms with van der Waals surface area (Å²) >= 11 is 0. The number of rotatable bonds is 3. The van der Waals surface area contributed by atoms with Gasteiger partial charge in [0, 0.05) is 24.3 Å². The molecule has 4 N–H and O–H groups in total. The van der Waals surface area contributed by atoms with Gasteiger partial charge in [-0.1, -0.05) is 6.07 Å². The van der Waals surface area contributed by atoms with Crippen molar-refractivity contribution in [1.82, 2.24) is 5.32 Å². The summed E-state index contributed by atoms with van der Waals surface area (Å²) in [6, 6.07) is 2.94. The van der Waals surface area contributed by atoms with Crippen molar-refractivity contribution >= 4 is 0 Å². The highest BCUT2D eigenvalue weighted by Gasteiger charge is 2.29. The third kappa shape index (κ3) is 2.45. The van der Waals surface area contributed by atoms with Gasteiger partial charge in [0.15, 0.2) is 11.5 Å². The van der Waals surface area contributed by atoms with Gasteiger partial charge in [0.05, 0.1) is 6.61 Å². The van der Waals surface area contributed by atoms with E-state index in [1.807, 2.05) is 0 Å². The number of nitrogens with one attached hydrogen (secondary N) is 1. The molecule has 1 unspecified atom stereocenters. The topological polar surface area (TPSA) is 82.0 Å². The van der Waals surface area contributed by atoms with E-state index in [-0.39, 0.29) is 17.0 Å². The molecule has 1 aromatic rings. The SMILES string of the molecule is CC1(NCc2ccc(O)c(O)c2O)CCOC1. The second-order valence-corrected chi connectivity index (χ2v) is 4.66. The molecule has 5 heteroatoms. The van der Waals surface area contributed by atoms with Crippen LogP contribution in [0.2, 0.25) is 0 Å². The normalized spacial score (nSPS) is 24.1. The van der Waals surface area contributed by atoms with Gasteiger partial charge in [0.25, 0.3) is 0 Å². The van der Waals surface area contributed by atoms with E-state index in [0.717, 1.165) is 13.0 Å². The fraction of sp³-hybridized carbons (Fsp3) is 0.500. The number of phenolic OH excluding ortho intramolecular Hbond substituents is 3. The molecule has 0 aromatic heterocycles. The molecule has 1 aromatic carbocycles. The van der Waals surface area contributed by atoms with Crippen LogP contribution in [-0.2, 0) is 11.3 Å². The van der Waals surface area contributed by atoms with E-state index in [2.05, 4.69) is 12.2 Å². The van der Waals surface area contributed by atoms with Gasteiger partial charge in [-0.25, -0.2) is 0 Å². The highest BCUT2D eigenvalue weighted by atomic mass is 16.5. The molecule has 1 saturated heterocycles. The van der Waals surface area contributed by atoms with Crippen LogP contribution in [0.15, 0.2) is 12.1 Å². The minimum absolute atomic E-state index is 0.0973. The van der Waals surface area contributed by atoms with Crippen molar-refractivity contribution < 1.29 is 20.1 Å². The van der Waals surface area contributed by atoms with E-state index in [1.165, 1.54) is 6.07 Å². The van der Waals surface area contributed by atoms with E-state index in [0.29, 0.717) is 18.7 Å². The molecule has 0 saturated carbocycles. The number of phenols is 3. The number of hydrogen-bond donors (Lipinski definition) is 4. The third-order valence-electron chi connectivity index (χ3n) is 3.14. The molecule has 1 heterocycles. The Kier molecular flexibility index (Phi) is 3.13. The van der Waals surface area contributed by atoms with Crippen LogP contribution in [0.25, 0.3) is 0 Å².